The molecule has 1 atom stereocenters. The third-order valence-electron chi connectivity index (χ3n) is 8.89. The van der Waals surface area contributed by atoms with Crippen LogP contribution in [0.4, 0.5) is 0 Å². The van der Waals surface area contributed by atoms with Crippen molar-refractivity contribution in [1.82, 2.24) is 18.5 Å². The molecule has 0 spiro atoms. The minimum Gasteiger partial charge on any atom is -0.469 e. The van der Waals surface area contributed by atoms with Crippen molar-refractivity contribution in [3.63, 3.8) is 0 Å². The van der Waals surface area contributed by atoms with Crippen LogP contribution in [0.2, 0.25) is 18.1 Å². The van der Waals surface area contributed by atoms with Gasteiger partial charge in [0.25, 0.3) is 10.0 Å². The number of hydrogen-bond acceptors (Lipinski definition) is 7. The number of esters is 1. The Balaban J connectivity index is 1.66. The minimum absolute atomic E-state index is 0.0223. The maximum Gasteiger partial charge on any atom is 0.308 e. The van der Waals surface area contributed by atoms with E-state index in [4.69, 9.17) is 14.1 Å². The van der Waals surface area contributed by atoms with Crippen LogP contribution >= 0.6 is 0 Å². The van der Waals surface area contributed by atoms with Crippen molar-refractivity contribution in [3.8, 4) is 0 Å². The highest BCUT2D eigenvalue weighted by molar-refractivity contribution is 7.90. The second-order valence-electron chi connectivity index (χ2n) is 12.5. The molecule has 5 rings (SSSR count). The lowest BCUT2D eigenvalue weighted by atomic mass is 9.85. The SMILES string of the molecule is COC(=O)C1CCC(n2c([C@@H](C)O[Si](C)(C)C(C)(C)C)nc3cnc4c(ccn4S(=O)(=O)c4ccccc4)c32)CC1. The first-order valence-corrected chi connectivity index (χ1v) is 18.5. The lowest BCUT2D eigenvalue weighted by Gasteiger charge is -2.39. The molecule has 3 aromatic heterocycles. The average Bonchev–Trinajstić information content (AvgIpc) is 3.54. The number of hydrogen-bond donors (Lipinski definition) is 0. The van der Waals surface area contributed by atoms with Gasteiger partial charge in [0, 0.05) is 17.6 Å². The monoisotopic (exact) mass is 596 g/mol. The lowest BCUT2D eigenvalue weighted by molar-refractivity contribution is -0.146. The smallest absolute Gasteiger partial charge is 0.308 e. The number of nitrogens with zero attached hydrogens (tertiary/aromatic N) is 4. The van der Waals surface area contributed by atoms with Crippen LogP contribution in [0, 0.1) is 5.92 Å². The van der Waals surface area contributed by atoms with Gasteiger partial charge in [0.05, 0.1) is 29.6 Å². The van der Waals surface area contributed by atoms with Gasteiger partial charge in [0.15, 0.2) is 14.0 Å². The molecule has 1 fully saturated rings. The molecule has 1 saturated carbocycles. The molecule has 0 amide bonds. The van der Waals surface area contributed by atoms with Crippen LogP contribution in [0.1, 0.15) is 71.3 Å². The van der Waals surface area contributed by atoms with Crippen molar-refractivity contribution in [1.29, 1.82) is 0 Å². The van der Waals surface area contributed by atoms with E-state index < -0.39 is 18.3 Å². The normalized spacial score (nSPS) is 19.5. The minimum atomic E-state index is -3.84. The van der Waals surface area contributed by atoms with Gasteiger partial charge in [-0.15, -0.1) is 0 Å². The molecule has 0 unspecified atom stereocenters. The van der Waals surface area contributed by atoms with E-state index in [0.29, 0.717) is 24.0 Å². The van der Waals surface area contributed by atoms with Gasteiger partial charge in [0.2, 0.25) is 0 Å². The third-order valence-corrected chi connectivity index (χ3v) is 15.1. The summed E-state index contributed by atoms with van der Waals surface area (Å²) in [5.41, 5.74) is 1.90. The predicted molar refractivity (Wildman–Crippen MR) is 162 cm³/mol. The first-order valence-electron chi connectivity index (χ1n) is 14.2. The highest BCUT2D eigenvalue weighted by Crippen LogP contribution is 2.43. The molecular formula is C30H40N4O5SSi. The molecule has 220 valence electrons. The molecule has 0 N–H and O–H groups in total. The maximum atomic E-state index is 13.6. The van der Waals surface area contributed by atoms with Gasteiger partial charge in [0.1, 0.15) is 17.4 Å². The highest BCUT2D eigenvalue weighted by atomic mass is 32.2. The van der Waals surface area contributed by atoms with E-state index in [0.717, 1.165) is 29.6 Å². The zero-order chi connectivity index (χ0) is 29.7. The number of ether oxygens (including phenoxy) is 1. The summed E-state index contributed by atoms with van der Waals surface area (Å²) in [6.07, 6.45) is 5.92. The highest BCUT2D eigenvalue weighted by Gasteiger charge is 2.40. The van der Waals surface area contributed by atoms with Gasteiger partial charge in [-0.05, 0) is 68.9 Å². The number of carbonyl (C=O) groups is 1. The van der Waals surface area contributed by atoms with Crippen LogP contribution in [0.5, 0.6) is 0 Å². The Morgan fingerprint density at radius 3 is 2.34 bits per heavy atom. The van der Waals surface area contributed by atoms with Crippen molar-refractivity contribution < 1.29 is 22.4 Å². The first-order chi connectivity index (χ1) is 19.3. The molecule has 0 aliphatic heterocycles. The molecule has 1 aromatic carbocycles. The predicted octanol–water partition coefficient (Wildman–Crippen LogP) is 6.61. The molecule has 1 aliphatic carbocycles. The molecule has 1 aliphatic rings. The summed E-state index contributed by atoms with van der Waals surface area (Å²) in [5.74, 6) is 0.525. The summed E-state index contributed by atoms with van der Waals surface area (Å²) in [4.78, 5) is 22.1. The summed E-state index contributed by atoms with van der Waals surface area (Å²) in [6.45, 7) is 13.2. The van der Waals surface area contributed by atoms with Gasteiger partial charge in [-0.2, -0.15) is 0 Å². The Kier molecular flexibility index (Phi) is 7.67. The van der Waals surface area contributed by atoms with Gasteiger partial charge < -0.3 is 13.7 Å². The van der Waals surface area contributed by atoms with Crippen molar-refractivity contribution >= 4 is 46.4 Å². The van der Waals surface area contributed by atoms with E-state index in [1.165, 1.54) is 11.1 Å². The zero-order valence-electron chi connectivity index (χ0n) is 24.9. The second kappa shape index (κ2) is 10.7. The van der Waals surface area contributed by atoms with Crippen LogP contribution in [0.15, 0.2) is 53.7 Å². The number of fused-ring (bicyclic) bond motifs is 3. The van der Waals surface area contributed by atoms with Gasteiger partial charge in [-0.1, -0.05) is 39.0 Å². The number of aromatic nitrogens is 4. The van der Waals surface area contributed by atoms with E-state index in [-0.39, 0.29) is 34.0 Å². The summed E-state index contributed by atoms with van der Waals surface area (Å²) in [7, 11) is -4.53. The van der Waals surface area contributed by atoms with E-state index >= 15 is 0 Å². The largest absolute Gasteiger partial charge is 0.469 e. The molecule has 0 saturated heterocycles. The van der Waals surface area contributed by atoms with Gasteiger partial charge >= 0.3 is 5.97 Å². The van der Waals surface area contributed by atoms with E-state index in [9.17, 15) is 13.2 Å². The zero-order valence-corrected chi connectivity index (χ0v) is 26.7. The van der Waals surface area contributed by atoms with E-state index in [2.05, 4.69) is 43.4 Å². The molecular weight excluding hydrogens is 557 g/mol. The van der Waals surface area contributed by atoms with Crippen molar-refractivity contribution in [2.75, 3.05) is 7.11 Å². The van der Waals surface area contributed by atoms with Crippen LogP contribution < -0.4 is 0 Å². The average molecular weight is 597 g/mol. The summed E-state index contributed by atoms with van der Waals surface area (Å²) in [5, 5.41) is 0.740. The fraction of sp³-hybridized carbons (Fsp3) is 0.500. The quantitative estimate of drug-likeness (QED) is 0.175. The molecule has 0 radical (unpaired) electrons. The van der Waals surface area contributed by atoms with Crippen molar-refractivity contribution in [2.45, 2.75) is 88.6 Å². The molecule has 41 heavy (non-hydrogen) atoms. The second-order valence-corrected chi connectivity index (χ2v) is 19.1. The topological polar surface area (TPSA) is 105 Å². The van der Waals surface area contributed by atoms with Gasteiger partial charge in [-0.3, -0.25) is 4.79 Å². The summed E-state index contributed by atoms with van der Waals surface area (Å²) in [6, 6.07) is 10.3. The number of methoxy groups -OCH3 is 1. The molecule has 3 heterocycles. The third kappa shape index (κ3) is 5.23. The summed E-state index contributed by atoms with van der Waals surface area (Å²) < 4.78 is 42.5. The number of imidazole rings is 1. The number of pyridine rings is 1. The van der Waals surface area contributed by atoms with Gasteiger partial charge in [-0.25, -0.2) is 22.4 Å². The Bertz CT molecular complexity index is 1680. The van der Waals surface area contributed by atoms with Crippen molar-refractivity contribution in [3.05, 3.63) is 54.6 Å². The number of benzene rings is 1. The maximum absolute atomic E-state index is 13.6. The van der Waals surface area contributed by atoms with Crippen LogP contribution in [0.25, 0.3) is 22.1 Å². The molecule has 0 bridgehead atoms. The Labute approximate surface area is 243 Å². The Morgan fingerprint density at radius 2 is 1.73 bits per heavy atom. The van der Waals surface area contributed by atoms with Crippen LogP contribution in [0.3, 0.4) is 0 Å². The fourth-order valence-corrected chi connectivity index (χ4v) is 8.30. The van der Waals surface area contributed by atoms with E-state index in [1.807, 2.05) is 13.0 Å². The summed E-state index contributed by atoms with van der Waals surface area (Å²) >= 11 is 0. The lowest BCUT2D eigenvalue weighted by Crippen LogP contribution is -2.41. The number of carbonyl (C=O) groups excluding carboxylic acids is 1. The Hall–Kier alpha value is -3.02. The first kappa shape index (κ1) is 29.5. The standard InChI is InChI=1S/C30H40N4O5SSi/c1-20(39-41(6,7)30(2,3)4)27-32-25-19-31-28-24(17-18-33(28)40(36,37)23-11-9-8-10-12-23)26(25)34(27)22-15-13-21(14-16-22)29(35)38-5/h8-12,17-22H,13-16H2,1-7H3/t20-,21?,22?/m1/s1. The van der Waals surface area contributed by atoms with Crippen molar-refractivity contribution in [2.24, 2.45) is 5.92 Å². The molecule has 4 aromatic rings. The number of rotatable bonds is 7. The molecule has 11 heteroatoms. The van der Waals surface area contributed by atoms with Crippen LogP contribution in [-0.2, 0) is 24.0 Å². The van der Waals surface area contributed by atoms with E-state index in [1.54, 1.807) is 42.7 Å². The molecule has 9 nitrogen and oxygen atoms in total. The Morgan fingerprint density at radius 1 is 1.07 bits per heavy atom. The van der Waals surface area contributed by atoms with Crippen LogP contribution in [-0.4, -0.2) is 48.3 Å². The fourth-order valence-electron chi connectivity index (χ4n) is 5.63.